The van der Waals surface area contributed by atoms with Crippen LogP contribution in [0.2, 0.25) is 0 Å². The Balaban J connectivity index is 2.60. The number of aromatic nitrogens is 1. The van der Waals surface area contributed by atoms with Crippen molar-refractivity contribution in [1.82, 2.24) is 4.98 Å². The van der Waals surface area contributed by atoms with E-state index in [9.17, 15) is 4.79 Å². The molecular formula is C11H11NO3. The standard InChI is InChI=1S/C11H11NO3/c1-15-11(14)4-2-3-9-5-6-10(8-13)12-7-9/h5-7,13H,4,8H2,1H3. The van der Waals surface area contributed by atoms with Crippen molar-refractivity contribution < 1.29 is 14.6 Å². The molecule has 0 aliphatic rings. The van der Waals surface area contributed by atoms with Crippen molar-refractivity contribution in [3.63, 3.8) is 0 Å². The Labute approximate surface area is 87.9 Å². The van der Waals surface area contributed by atoms with E-state index >= 15 is 0 Å². The summed E-state index contributed by atoms with van der Waals surface area (Å²) in [6.07, 6.45) is 1.62. The van der Waals surface area contributed by atoms with Crippen LogP contribution in [0.5, 0.6) is 0 Å². The van der Waals surface area contributed by atoms with Crippen LogP contribution in [-0.2, 0) is 16.1 Å². The van der Waals surface area contributed by atoms with Gasteiger partial charge in [-0.1, -0.05) is 11.8 Å². The van der Waals surface area contributed by atoms with Gasteiger partial charge in [-0.3, -0.25) is 9.78 Å². The number of nitrogens with zero attached hydrogens (tertiary/aromatic N) is 1. The summed E-state index contributed by atoms with van der Waals surface area (Å²) >= 11 is 0. The Morgan fingerprint density at radius 2 is 2.40 bits per heavy atom. The zero-order valence-electron chi connectivity index (χ0n) is 8.36. The number of hydrogen-bond donors (Lipinski definition) is 1. The summed E-state index contributed by atoms with van der Waals surface area (Å²) < 4.78 is 4.43. The predicted octanol–water partition coefficient (Wildman–Crippen LogP) is 0.488. The molecule has 0 aliphatic heterocycles. The molecule has 1 heterocycles. The number of rotatable bonds is 2. The molecule has 0 radical (unpaired) electrons. The van der Waals surface area contributed by atoms with Crippen LogP contribution < -0.4 is 0 Å². The topological polar surface area (TPSA) is 59.4 Å². The van der Waals surface area contributed by atoms with Crippen LogP contribution in [-0.4, -0.2) is 23.2 Å². The zero-order chi connectivity index (χ0) is 11.1. The normalized spacial score (nSPS) is 8.93. The number of esters is 1. The van der Waals surface area contributed by atoms with Crippen molar-refractivity contribution in [2.45, 2.75) is 13.0 Å². The number of methoxy groups -OCH3 is 1. The second kappa shape index (κ2) is 5.78. The van der Waals surface area contributed by atoms with Crippen LogP contribution in [0.1, 0.15) is 17.7 Å². The highest BCUT2D eigenvalue weighted by atomic mass is 16.5. The molecule has 0 bridgehead atoms. The molecule has 15 heavy (non-hydrogen) atoms. The van der Waals surface area contributed by atoms with E-state index < -0.39 is 0 Å². The molecule has 78 valence electrons. The number of hydrogen-bond acceptors (Lipinski definition) is 4. The van der Waals surface area contributed by atoms with E-state index in [0.29, 0.717) is 11.3 Å². The van der Waals surface area contributed by atoms with E-state index in [4.69, 9.17) is 5.11 Å². The highest BCUT2D eigenvalue weighted by molar-refractivity contribution is 5.72. The van der Waals surface area contributed by atoms with Gasteiger partial charge in [-0.2, -0.15) is 0 Å². The van der Waals surface area contributed by atoms with Crippen molar-refractivity contribution in [3.8, 4) is 11.8 Å². The van der Waals surface area contributed by atoms with Crippen LogP contribution in [0.4, 0.5) is 0 Å². The van der Waals surface area contributed by atoms with Gasteiger partial charge in [0.2, 0.25) is 0 Å². The first kappa shape index (κ1) is 11.2. The lowest BCUT2D eigenvalue weighted by atomic mass is 10.2. The first-order chi connectivity index (χ1) is 7.26. The zero-order valence-corrected chi connectivity index (χ0v) is 8.36. The largest absolute Gasteiger partial charge is 0.468 e. The molecule has 0 aliphatic carbocycles. The summed E-state index contributed by atoms with van der Waals surface area (Å²) in [7, 11) is 1.32. The third-order valence-corrected chi connectivity index (χ3v) is 1.68. The molecule has 0 fully saturated rings. The maximum Gasteiger partial charge on any atom is 0.317 e. The van der Waals surface area contributed by atoms with Crippen LogP contribution in [0.3, 0.4) is 0 Å². The fourth-order valence-electron chi connectivity index (χ4n) is 0.883. The van der Waals surface area contributed by atoms with Crippen LogP contribution in [0, 0.1) is 11.8 Å². The van der Waals surface area contributed by atoms with Crippen molar-refractivity contribution in [2.24, 2.45) is 0 Å². The molecule has 1 aromatic heterocycles. The van der Waals surface area contributed by atoms with Crippen LogP contribution in [0.25, 0.3) is 0 Å². The quantitative estimate of drug-likeness (QED) is 0.564. The van der Waals surface area contributed by atoms with Crippen molar-refractivity contribution >= 4 is 5.97 Å². The Hall–Kier alpha value is -1.86. The maximum absolute atomic E-state index is 10.7. The molecule has 0 saturated heterocycles. The minimum Gasteiger partial charge on any atom is -0.468 e. The molecule has 0 saturated carbocycles. The van der Waals surface area contributed by atoms with Crippen molar-refractivity contribution in [1.29, 1.82) is 0 Å². The molecule has 0 aromatic carbocycles. The number of carbonyl (C=O) groups is 1. The average molecular weight is 205 g/mol. The minimum absolute atomic E-state index is 0.0677. The first-order valence-corrected chi connectivity index (χ1v) is 4.37. The van der Waals surface area contributed by atoms with Gasteiger partial charge in [0.25, 0.3) is 0 Å². The molecule has 0 amide bonds. The Kier molecular flexibility index (Phi) is 4.32. The fourth-order valence-corrected chi connectivity index (χ4v) is 0.883. The highest BCUT2D eigenvalue weighted by Gasteiger charge is 1.94. The summed E-state index contributed by atoms with van der Waals surface area (Å²) in [5.41, 5.74) is 1.30. The summed E-state index contributed by atoms with van der Waals surface area (Å²) in [5.74, 6) is 5.07. The molecule has 0 atom stereocenters. The van der Waals surface area contributed by atoms with Crippen LogP contribution >= 0.6 is 0 Å². The molecule has 4 nitrogen and oxygen atoms in total. The van der Waals surface area contributed by atoms with Gasteiger partial charge >= 0.3 is 5.97 Å². The number of aliphatic hydroxyl groups excluding tert-OH is 1. The van der Waals surface area contributed by atoms with E-state index in [1.54, 1.807) is 18.3 Å². The molecule has 1 N–H and O–H groups in total. The maximum atomic E-state index is 10.7. The molecule has 0 spiro atoms. The van der Waals surface area contributed by atoms with E-state index in [-0.39, 0.29) is 19.0 Å². The van der Waals surface area contributed by atoms with E-state index in [2.05, 4.69) is 21.6 Å². The van der Waals surface area contributed by atoms with Crippen LogP contribution in [0.15, 0.2) is 18.3 Å². The number of ether oxygens (including phenoxy) is 1. The van der Waals surface area contributed by atoms with E-state index in [1.165, 1.54) is 7.11 Å². The number of carbonyl (C=O) groups excluding carboxylic acids is 1. The lowest BCUT2D eigenvalue weighted by molar-refractivity contribution is -0.139. The van der Waals surface area contributed by atoms with E-state index in [0.717, 1.165) is 0 Å². The Bertz CT molecular complexity index is 387. The van der Waals surface area contributed by atoms with Gasteiger partial charge in [-0.05, 0) is 12.1 Å². The molecular weight excluding hydrogens is 194 g/mol. The third kappa shape index (κ3) is 3.79. The Morgan fingerprint density at radius 1 is 1.60 bits per heavy atom. The van der Waals surface area contributed by atoms with Crippen molar-refractivity contribution in [2.75, 3.05) is 7.11 Å². The molecule has 1 rings (SSSR count). The van der Waals surface area contributed by atoms with Gasteiger partial charge in [-0.25, -0.2) is 0 Å². The summed E-state index contributed by atoms with van der Waals surface area (Å²) in [4.78, 5) is 14.7. The SMILES string of the molecule is COC(=O)CC#Cc1ccc(CO)nc1. The number of pyridine rings is 1. The minimum atomic E-state index is -0.359. The lowest BCUT2D eigenvalue weighted by Crippen LogP contribution is -1.97. The van der Waals surface area contributed by atoms with E-state index in [1.807, 2.05) is 0 Å². The second-order valence-corrected chi connectivity index (χ2v) is 2.75. The van der Waals surface area contributed by atoms with Gasteiger partial charge in [0.05, 0.1) is 19.4 Å². The summed E-state index contributed by atoms with van der Waals surface area (Å²) in [6, 6.07) is 3.42. The fraction of sp³-hybridized carbons (Fsp3) is 0.273. The molecule has 1 aromatic rings. The smallest absolute Gasteiger partial charge is 0.317 e. The monoisotopic (exact) mass is 205 g/mol. The van der Waals surface area contributed by atoms with Gasteiger partial charge < -0.3 is 9.84 Å². The number of aliphatic hydroxyl groups is 1. The first-order valence-electron chi connectivity index (χ1n) is 4.37. The van der Waals surface area contributed by atoms with Gasteiger partial charge in [0.15, 0.2) is 0 Å². The summed E-state index contributed by atoms with van der Waals surface area (Å²) in [6.45, 7) is -0.0874. The van der Waals surface area contributed by atoms with Crippen molar-refractivity contribution in [3.05, 3.63) is 29.6 Å². The van der Waals surface area contributed by atoms with Gasteiger partial charge in [-0.15, -0.1) is 0 Å². The predicted molar refractivity (Wildman–Crippen MR) is 53.7 cm³/mol. The summed E-state index contributed by atoms with van der Waals surface area (Å²) in [5, 5.41) is 8.75. The lowest BCUT2D eigenvalue weighted by Gasteiger charge is -1.93. The molecule has 4 heteroatoms. The highest BCUT2D eigenvalue weighted by Crippen LogP contribution is 1.98. The molecule has 0 unspecified atom stereocenters. The second-order valence-electron chi connectivity index (χ2n) is 2.75. The Morgan fingerprint density at radius 3 is 2.93 bits per heavy atom. The third-order valence-electron chi connectivity index (χ3n) is 1.68. The van der Waals surface area contributed by atoms with Gasteiger partial charge in [0, 0.05) is 11.8 Å². The van der Waals surface area contributed by atoms with Gasteiger partial charge in [0.1, 0.15) is 6.42 Å². The average Bonchev–Trinajstić information content (AvgIpc) is 2.29.